The number of nitrogens with one attached hydrogen (secondary N) is 2. The number of hydrogen-bond donors (Lipinski definition) is 2. The molecule has 8 nitrogen and oxygen atoms in total. The van der Waals surface area contributed by atoms with Crippen LogP contribution >= 0.6 is 11.6 Å². The molecule has 0 radical (unpaired) electrons. The maximum absolute atomic E-state index is 13.0. The molecule has 180 valence electrons. The van der Waals surface area contributed by atoms with Crippen LogP contribution in [-0.2, 0) is 14.3 Å². The van der Waals surface area contributed by atoms with Crippen LogP contribution in [0.3, 0.4) is 0 Å². The second-order valence-corrected chi connectivity index (χ2v) is 7.86. The highest BCUT2D eigenvalue weighted by atomic mass is 35.5. The van der Waals surface area contributed by atoms with Gasteiger partial charge in [0.05, 0.1) is 48.4 Å². The van der Waals surface area contributed by atoms with E-state index in [1.807, 2.05) is 6.07 Å². The number of amides is 2. The lowest BCUT2D eigenvalue weighted by Crippen LogP contribution is -2.31. The summed E-state index contributed by atoms with van der Waals surface area (Å²) in [5, 5.41) is 5.81. The summed E-state index contributed by atoms with van der Waals surface area (Å²) in [6, 6.07) is 19.0. The zero-order chi connectivity index (χ0) is 25.4. The van der Waals surface area contributed by atoms with Gasteiger partial charge in [-0.2, -0.15) is 0 Å². The minimum absolute atomic E-state index is 0.0670. The molecule has 0 aliphatic heterocycles. The zero-order valence-corrected chi connectivity index (χ0v) is 19.8. The molecule has 0 bridgehead atoms. The Balaban J connectivity index is 1.84. The van der Waals surface area contributed by atoms with E-state index in [9.17, 15) is 19.2 Å². The van der Waals surface area contributed by atoms with Crippen molar-refractivity contribution in [2.45, 2.75) is 12.5 Å². The summed E-state index contributed by atoms with van der Waals surface area (Å²) in [5.41, 5.74) is 1.32. The van der Waals surface area contributed by atoms with E-state index in [0.717, 1.165) is 0 Å². The maximum atomic E-state index is 13.0. The van der Waals surface area contributed by atoms with E-state index in [4.69, 9.17) is 21.1 Å². The van der Waals surface area contributed by atoms with E-state index < -0.39 is 29.8 Å². The van der Waals surface area contributed by atoms with E-state index in [0.29, 0.717) is 5.56 Å². The van der Waals surface area contributed by atoms with Gasteiger partial charge in [-0.05, 0) is 35.9 Å². The van der Waals surface area contributed by atoms with Gasteiger partial charge in [0.15, 0.2) is 0 Å². The van der Waals surface area contributed by atoms with Gasteiger partial charge >= 0.3 is 11.9 Å². The van der Waals surface area contributed by atoms with Crippen LogP contribution in [0.4, 0.5) is 5.69 Å². The highest BCUT2D eigenvalue weighted by Gasteiger charge is 2.21. The van der Waals surface area contributed by atoms with Crippen molar-refractivity contribution in [1.29, 1.82) is 0 Å². The molecule has 3 aromatic carbocycles. The van der Waals surface area contributed by atoms with Gasteiger partial charge in [0, 0.05) is 5.69 Å². The van der Waals surface area contributed by atoms with E-state index >= 15 is 0 Å². The molecule has 0 saturated carbocycles. The molecule has 0 saturated heterocycles. The number of rotatable bonds is 8. The number of hydrogen-bond acceptors (Lipinski definition) is 6. The lowest BCUT2D eigenvalue weighted by molar-refractivity contribution is -0.116. The molecule has 1 atom stereocenters. The fourth-order valence-corrected chi connectivity index (χ4v) is 3.61. The fraction of sp³-hybridized carbons (Fsp3) is 0.154. The molecule has 0 aliphatic carbocycles. The molecule has 9 heteroatoms. The Morgan fingerprint density at radius 3 is 1.97 bits per heavy atom. The van der Waals surface area contributed by atoms with Crippen molar-refractivity contribution in [3.05, 3.63) is 100 Å². The first kappa shape index (κ1) is 25.5. The minimum Gasteiger partial charge on any atom is -0.465 e. The first-order chi connectivity index (χ1) is 16.8. The third-order valence-electron chi connectivity index (χ3n) is 5.07. The Bertz CT molecular complexity index is 1210. The van der Waals surface area contributed by atoms with Gasteiger partial charge in [0.1, 0.15) is 0 Å². The average Bonchev–Trinajstić information content (AvgIpc) is 2.87. The summed E-state index contributed by atoms with van der Waals surface area (Å²) in [6.45, 7) is 0. The normalized spacial score (nSPS) is 11.2. The number of carbonyl (C=O) groups is 4. The third-order valence-corrected chi connectivity index (χ3v) is 5.40. The quantitative estimate of drug-likeness (QED) is 0.449. The molecule has 1 unspecified atom stereocenters. The van der Waals surface area contributed by atoms with Crippen LogP contribution in [0.5, 0.6) is 0 Å². The van der Waals surface area contributed by atoms with Crippen LogP contribution < -0.4 is 10.6 Å². The molecule has 35 heavy (non-hydrogen) atoms. The molecule has 2 amide bonds. The second kappa shape index (κ2) is 11.8. The van der Waals surface area contributed by atoms with Crippen LogP contribution in [0.1, 0.15) is 49.1 Å². The molecule has 3 rings (SSSR count). The van der Waals surface area contributed by atoms with Crippen molar-refractivity contribution in [3.63, 3.8) is 0 Å². The van der Waals surface area contributed by atoms with E-state index in [1.54, 1.807) is 48.5 Å². The number of halogens is 1. The predicted molar refractivity (Wildman–Crippen MR) is 130 cm³/mol. The molecule has 0 fully saturated rings. The average molecular weight is 495 g/mol. The lowest BCUT2D eigenvalue weighted by Gasteiger charge is -2.20. The Hall–Kier alpha value is -4.17. The Morgan fingerprint density at radius 2 is 1.40 bits per heavy atom. The highest BCUT2D eigenvalue weighted by Crippen LogP contribution is 2.22. The van der Waals surface area contributed by atoms with Crippen LogP contribution in [-0.4, -0.2) is 38.0 Å². The van der Waals surface area contributed by atoms with Crippen molar-refractivity contribution in [2.75, 3.05) is 19.5 Å². The van der Waals surface area contributed by atoms with Gasteiger partial charge in [0.25, 0.3) is 5.91 Å². The summed E-state index contributed by atoms with van der Waals surface area (Å²) in [7, 11) is 2.41. The monoisotopic (exact) mass is 494 g/mol. The fourth-order valence-electron chi connectivity index (χ4n) is 3.39. The van der Waals surface area contributed by atoms with E-state index in [-0.39, 0.29) is 33.8 Å². The van der Waals surface area contributed by atoms with Crippen molar-refractivity contribution in [2.24, 2.45) is 0 Å². The standard InChI is InChI=1S/C26H23ClN2O6/c1-34-25(32)17-12-18(26(33)35-2)14-19(13-17)28-23(30)15-22(16-8-4-3-5-9-16)29-24(31)20-10-6-7-11-21(20)27/h3-14,22H,15H2,1-2H3,(H,28,30)(H,29,31). The smallest absolute Gasteiger partial charge is 0.337 e. The molecule has 0 spiro atoms. The zero-order valence-electron chi connectivity index (χ0n) is 19.0. The number of ether oxygens (including phenoxy) is 2. The highest BCUT2D eigenvalue weighted by molar-refractivity contribution is 6.33. The largest absolute Gasteiger partial charge is 0.465 e. The van der Waals surface area contributed by atoms with Crippen molar-refractivity contribution in [3.8, 4) is 0 Å². The van der Waals surface area contributed by atoms with Crippen molar-refractivity contribution >= 4 is 41.0 Å². The molecular weight excluding hydrogens is 472 g/mol. The summed E-state index contributed by atoms with van der Waals surface area (Å²) in [5.74, 6) is -2.25. The Labute approximate surface area is 207 Å². The van der Waals surface area contributed by atoms with Gasteiger partial charge in [0.2, 0.25) is 5.91 Å². The van der Waals surface area contributed by atoms with Gasteiger partial charge in [-0.15, -0.1) is 0 Å². The summed E-state index contributed by atoms with van der Waals surface area (Å²) >= 11 is 6.15. The maximum Gasteiger partial charge on any atom is 0.337 e. The van der Waals surface area contributed by atoms with Crippen molar-refractivity contribution in [1.82, 2.24) is 5.32 Å². The Morgan fingerprint density at radius 1 is 0.829 bits per heavy atom. The van der Waals surface area contributed by atoms with Crippen LogP contribution in [0.15, 0.2) is 72.8 Å². The first-order valence-electron chi connectivity index (χ1n) is 10.5. The van der Waals surface area contributed by atoms with Gasteiger partial charge in [-0.3, -0.25) is 9.59 Å². The molecule has 0 aliphatic rings. The van der Waals surface area contributed by atoms with Crippen LogP contribution in [0.25, 0.3) is 0 Å². The van der Waals surface area contributed by atoms with Gasteiger partial charge in [-0.25, -0.2) is 9.59 Å². The lowest BCUT2D eigenvalue weighted by atomic mass is 10.0. The minimum atomic E-state index is -0.680. The van der Waals surface area contributed by atoms with Gasteiger partial charge < -0.3 is 20.1 Å². The van der Waals surface area contributed by atoms with Crippen LogP contribution in [0, 0.1) is 0 Å². The topological polar surface area (TPSA) is 111 Å². The number of methoxy groups -OCH3 is 2. The SMILES string of the molecule is COC(=O)c1cc(NC(=O)CC(NC(=O)c2ccccc2Cl)c2ccccc2)cc(C(=O)OC)c1. The third kappa shape index (κ3) is 6.68. The van der Waals surface area contributed by atoms with Crippen molar-refractivity contribution < 1.29 is 28.7 Å². The van der Waals surface area contributed by atoms with E-state index in [2.05, 4.69) is 10.6 Å². The molecule has 0 aromatic heterocycles. The van der Waals surface area contributed by atoms with E-state index in [1.165, 1.54) is 32.4 Å². The molecular formula is C26H23ClN2O6. The van der Waals surface area contributed by atoms with Gasteiger partial charge in [-0.1, -0.05) is 54.1 Å². The number of anilines is 1. The molecule has 2 N–H and O–H groups in total. The summed E-state index contributed by atoms with van der Waals surface area (Å²) in [6.07, 6.45) is -0.129. The summed E-state index contributed by atoms with van der Waals surface area (Å²) in [4.78, 5) is 49.9. The molecule has 3 aromatic rings. The Kier molecular flexibility index (Phi) is 8.58. The molecule has 0 heterocycles. The number of esters is 2. The number of benzene rings is 3. The second-order valence-electron chi connectivity index (χ2n) is 7.45. The van der Waals surface area contributed by atoms with Crippen LogP contribution in [0.2, 0.25) is 5.02 Å². The number of carbonyl (C=O) groups excluding carboxylic acids is 4. The first-order valence-corrected chi connectivity index (χ1v) is 10.9. The predicted octanol–water partition coefficient (Wildman–Crippen LogP) is 4.41. The summed E-state index contributed by atoms with van der Waals surface area (Å²) < 4.78 is 9.44.